The summed E-state index contributed by atoms with van der Waals surface area (Å²) in [6.07, 6.45) is 2.74. The number of allylic oxidation sites excluding steroid dienone is 1. The average molecular weight is 337 g/mol. The molecule has 0 aliphatic carbocycles. The van der Waals surface area contributed by atoms with Gasteiger partial charge < -0.3 is 0 Å². The second-order valence-electron chi connectivity index (χ2n) is 5.28. The van der Waals surface area contributed by atoms with E-state index in [1.165, 1.54) is 24.3 Å². The zero-order chi connectivity index (χ0) is 16.9. The van der Waals surface area contributed by atoms with Crippen molar-refractivity contribution in [1.29, 1.82) is 0 Å². The van der Waals surface area contributed by atoms with E-state index in [0.29, 0.717) is 5.56 Å². The van der Waals surface area contributed by atoms with E-state index in [9.17, 15) is 9.18 Å². The standard InChI is InChI=1S/C21H14ClFO/c22-19-7-4-8-20(23)18(19)13-14-21(24)17-11-9-16(10-12-17)15-5-2-1-3-6-15/h1-14H/b14-13+. The van der Waals surface area contributed by atoms with Gasteiger partial charge in [-0.15, -0.1) is 0 Å². The molecule has 0 saturated carbocycles. The zero-order valence-electron chi connectivity index (χ0n) is 12.7. The highest BCUT2D eigenvalue weighted by Gasteiger charge is 2.06. The summed E-state index contributed by atoms with van der Waals surface area (Å²) in [5.41, 5.74) is 2.88. The van der Waals surface area contributed by atoms with E-state index in [0.717, 1.165) is 11.1 Å². The number of carbonyl (C=O) groups excluding carboxylic acids is 1. The molecule has 1 nitrogen and oxygen atoms in total. The molecular formula is C21H14ClFO. The minimum atomic E-state index is -0.453. The van der Waals surface area contributed by atoms with Crippen LogP contribution in [-0.4, -0.2) is 5.78 Å². The van der Waals surface area contributed by atoms with Gasteiger partial charge in [-0.05, 0) is 35.4 Å². The molecule has 0 heterocycles. The lowest BCUT2D eigenvalue weighted by Gasteiger charge is -2.03. The Morgan fingerprint density at radius 3 is 2.17 bits per heavy atom. The Morgan fingerprint density at radius 2 is 1.50 bits per heavy atom. The Morgan fingerprint density at radius 1 is 0.833 bits per heavy atom. The highest BCUT2D eigenvalue weighted by Crippen LogP contribution is 2.22. The molecule has 0 aromatic heterocycles. The Hall–Kier alpha value is -2.71. The molecule has 3 heteroatoms. The van der Waals surface area contributed by atoms with Crippen LogP contribution in [0.1, 0.15) is 15.9 Å². The van der Waals surface area contributed by atoms with Crippen molar-refractivity contribution in [2.24, 2.45) is 0 Å². The minimum Gasteiger partial charge on any atom is -0.289 e. The van der Waals surface area contributed by atoms with Crippen LogP contribution < -0.4 is 0 Å². The molecule has 0 spiro atoms. The van der Waals surface area contributed by atoms with Gasteiger partial charge in [0, 0.05) is 11.1 Å². The predicted molar refractivity (Wildman–Crippen MR) is 96.7 cm³/mol. The van der Waals surface area contributed by atoms with Gasteiger partial charge in [-0.3, -0.25) is 4.79 Å². The maximum Gasteiger partial charge on any atom is 0.185 e. The molecule has 0 fully saturated rings. The molecule has 0 saturated heterocycles. The quantitative estimate of drug-likeness (QED) is 0.419. The van der Waals surface area contributed by atoms with Gasteiger partial charge in [0.1, 0.15) is 5.82 Å². The first-order valence-electron chi connectivity index (χ1n) is 7.47. The summed E-state index contributed by atoms with van der Waals surface area (Å²) >= 11 is 5.95. The van der Waals surface area contributed by atoms with Gasteiger partial charge >= 0.3 is 0 Å². The van der Waals surface area contributed by atoms with Gasteiger partial charge in [0.25, 0.3) is 0 Å². The first kappa shape index (κ1) is 16.2. The monoisotopic (exact) mass is 336 g/mol. The molecule has 0 radical (unpaired) electrons. The molecule has 3 aromatic rings. The largest absolute Gasteiger partial charge is 0.289 e. The maximum absolute atomic E-state index is 13.7. The average Bonchev–Trinajstić information content (AvgIpc) is 2.62. The van der Waals surface area contributed by atoms with Crippen molar-refractivity contribution in [3.63, 3.8) is 0 Å². The highest BCUT2D eigenvalue weighted by molar-refractivity contribution is 6.32. The lowest BCUT2D eigenvalue weighted by molar-refractivity contribution is 0.104. The molecule has 0 N–H and O–H groups in total. The molecule has 0 atom stereocenters. The summed E-state index contributed by atoms with van der Waals surface area (Å²) in [6, 6.07) is 21.7. The van der Waals surface area contributed by atoms with Crippen LogP contribution in [0.5, 0.6) is 0 Å². The topological polar surface area (TPSA) is 17.1 Å². The Labute approximate surface area is 145 Å². The summed E-state index contributed by atoms with van der Waals surface area (Å²) in [5, 5.41) is 0.276. The van der Waals surface area contributed by atoms with Crippen LogP contribution in [0.2, 0.25) is 5.02 Å². The number of carbonyl (C=O) groups is 1. The first-order chi connectivity index (χ1) is 11.6. The predicted octanol–water partition coefficient (Wildman–Crippen LogP) is 6.04. The molecule has 0 unspecified atom stereocenters. The summed E-state index contributed by atoms with van der Waals surface area (Å²) in [4.78, 5) is 12.2. The highest BCUT2D eigenvalue weighted by atomic mass is 35.5. The van der Waals surface area contributed by atoms with Crippen LogP contribution in [0.15, 0.2) is 78.9 Å². The van der Waals surface area contributed by atoms with E-state index in [2.05, 4.69) is 0 Å². The van der Waals surface area contributed by atoms with Crippen molar-refractivity contribution >= 4 is 23.5 Å². The van der Waals surface area contributed by atoms with Gasteiger partial charge in [-0.2, -0.15) is 0 Å². The van der Waals surface area contributed by atoms with Gasteiger partial charge in [0.2, 0.25) is 0 Å². The van der Waals surface area contributed by atoms with E-state index in [4.69, 9.17) is 11.6 Å². The van der Waals surface area contributed by atoms with Crippen LogP contribution in [0.4, 0.5) is 4.39 Å². The van der Waals surface area contributed by atoms with E-state index in [1.807, 2.05) is 42.5 Å². The maximum atomic E-state index is 13.7. The number of hydrogen-bond acceptors (Lipinski definition) is 1. The number of halogens is 2. The number of rotatable bonds is 4. The molecule has 0 aliphatic rings. The second-order valence-corrected chi connectivity index (χ2v) is 5.68. The third-order valence-electron chi connectivity index (χ3n) is 3.68. The van der Waals surface area contributed by atoms with E-state index in [1.54, 1.807) is 18.2 Å². The molecule has 24 heavy (non-hydrogen) atoms. The van der Waals surface area contributed by atoms with Crippen LogP contribution in [0.25, 0.3) is 17.2 Å². The number of hydrogen-bond donors (Lipinski definition) is 0. The van der Waals surface area contributed by atoms with Gasteiger partial charge in [0.15, 0.2) is 5.78 Å². The molecule has 3 rings (SSSR count). The van der Waals surface area contributed by atoms with Crippen LogP contribution in [0, 0.1) is 5.82 Å². The number of benzene rings is 3. The lowest BCUT2D eigenvalue weighted by Crippen LogP contribution is -1.94. The molecule has 0 bridgehead atoms. The van der Waals surface area contributed by atoms with Gasteiger partial charge in [0.05, 0.1) is 5.02 Å². The summed E-state index contributed by atoms with van der Waals surface area (Å²) in [5.74, 6) is -0.653. The zero-order valence-corrected chi connectivity index (χ0v) is 13.5. The van der Waals surface area contributed by atoms with E-state index >= 15 is 0 Å². The van der Waals surface area contributed by atoms with Crippen LogP contribution >= 0.6 is 11.6 Å². The first-order valence-corrected chi connectivity index (χ1v) is 7.85. The Balaban J connectivity index is 1.80. The molecule has 0 amide bonds. The van der Waals surface area contributed by atoms with Crippen molar-refractivity contribution in [2.75, 3.05) is 0 Å². The van der Waals surface area contributed by atoms with Crippen molar-refractivity contribution in [3.8, 4) is 11.1 Å². The molecule has 118 valence electrons. The number of ketones is 1. The molecule has 3 aromatic carbocycles. The molecule has 0 aliphatic heterocycles. The minimum absolute atomic E-state index is 0.200. The van der Waals surface area contributed by atoms with E-state index in [-0.39, 0.29) is 16.4 Å². The van der Waals surface area contributed by atoms with Crippen LogP contribution in [0.3, 0.4) is 0 Å². The smallest absolute Gasteiger partial charge is 0.185 e. The Bertz CT molecular complexity index is 863. The lowest BCUT2D eigenvalue weighted by atomic mass is 10.0. The fourth-order valence-corrected chi connectivity index (χ4v) is 2.61. The fraction of sp³-hybridized carbons (Fsp3) is 0. The Kier molecular flexibility index (Phi) is 4.88. The second kappa shape index (κ2) is 7.24. The van der Waals surface area contributed by atoms with Gasteiger partial charge in [-0.25, -0.2) is 4.39 Å². The third kappa shape index (κ3) is 3.61. The normalized spacial score (nSPS) is 10.9. The third-order valence-corrected chi connectivity index (χ3v) is 4.01. The van der Waals surface area contributed by atoms with Gasteiger partial charge in [-0.1, -0.05) is 72.3 Å². The van der Waals surface area contributed by atoms with Crippen molar-refractivity contribution in [3.05, 3.63) is 101 Å². The summed E-state index contributed by atoms with van der Waals surface area (Å²) < 4.78 is 13.7. The van der Waals surface area contributed by atoms with Crippen LogP contribution in [-0.2, 0) is 0 Å². The van der Waals surface area contributed by atoms with E-state index < -0.39 is 5.82 Å². The summed E-state index contributed by atoms with van der Waals surface area (Å²) in [6.45, 7) is 0. The van der Waals surface area contributed by atoms with Crippen molar-refractivity contribution in [2.45, 2.75) is 0 Å². The van der Waals surface area contributed by atoms with Crippen molar-refractivity contribution < 1.29 is 9.18 Å². The fourth-order valence-electron chi connectivity index (χ4n) is 2.38. The summed E-state index contributed by atoms with van der Waals surface area (Å²) in [7, 11) is 0. The molecular weight excluding hydrogens is 323 g/mol. The SMILES string of the molecule is O=C(/C=C/c1c(F)cccc1Cl)c1ccc(-c2ccccc2)cc1. The van der Waals surface area contributed by atoms with Crippen molar-refractivity contribution in [1.82, 2.24) is 0 Å².